The highest BCUT2D eigenvalue weighted by molar-refractivity contribution is 5.82. The maximum Gasteiger partial charge on any atom is 0.231 e. The molecular formula is C30H29NO4. The van der Waals surface area contributed by atoms with E-state index in [1.54, 1.807) is 13.2 Å². The molecule has 0 amide bonds. The van der Waals surface area contributed by atoms with E-state index in [9.17, 15) is 4.79 Å². The van der Waals surface area contributed by atoms with Crippen LogP contribution in [-0.4, -0.2) is 18.5 Å². The number of pyridine rings is 1. The van der Waals surface area contributed by atoms with Crippen LogP contribution in [0.25, 0.3) is 22.4 Å². The zero-order chi connectivity index (χ0) is 24.3. The van der Waals surface area contributed by atoms with Gasteiger partial charge in [0.25, 0.3) is 0 Å². The van der Waals surface area contributed by atoms with Crippen molar-refractivity contribution in [3.05, 3.63) is 87.2 Å². The smallest absolute Gasteiger partial charge is 0.231 e. The molecule has 4 aliphatic rings. The quantitative estimate of drug-likeness (QED) is 0.382. The van der Waals surface area contributed by atoms with Crippen LogP contribution in [0.1, 0.15) is 43.0 Å². The van der Waals surface area contributed by atoms with Gasteiger partial charge in [-0.2, -0.15) is 0 Å². The van der Waals surface area contributed by atoms with E-state index < -0.39 is 0 Å². The van der Waals surface area contributed by atoms with Gasteiger partial charge in [0, 0.05) is 30.3 Å². The summed E-state index contributed by atoms with van der Waals surface area (Å²) < 4.78 is 18.9. The number of fused-ring (bicyclic) bond motifs is 5. The predicted molar refractivity (Wildman–Crippen MR) is 137 cm³/mol. The first-order chi connectivity index (χ1) is 16.8. The summed E-state index contributed by atoms with van der Waals surface area (Å²) in [7, 11) is 1.55. The lowest BCUT2D eigenvalue weighted by Crippen LogP contribution is -2.20. The third-order valence-corrected chi connectivity index (χ3v) is 7.24. The van der Waals surface area contributed by atoms with Gasteiger partial charge in [0.2, 0.25) is 12.2 Å². The molecule has 0 atom stereocenters. The Balaban J connectivity index is 1.58. The van der Waals surface area contributed by atoms with Crippen LogP contribution in [0.5, 0.6) is 17.2 Å². The number of nitrogens with zero attached hydrogens (tertiary/aromatic N) is 1. The van der Waals surface area contributed by atoms with Crippen LogP contribution in [-0.2, 0) is 24.8 Å². The summed E-state index contributed by atoms with van der Waals surface area (Å²) in [5.74, 6) is 1.96. The SMILES string of the molecule is COc1ccc2c(Cc3ccc(C(C)(C)C)cc3)c3n(cc-2c1=O)CCc1cc2c(cc1-3)OCO2. The molecule has 0 N–H and O–H groups in total. The average molecular weight is 468 g/mol. The Kier molecular flexibility index (Phi) is 4.92. The van der Waals surface area contributed by atoms with E-state index >= 15 is 0 Å². The van der Waals surface area contributed by atoms with Gasteiger partial charge in [-0.1, -0.05) is 45.0 Å². The largest absolute Gasteiger partial charge is 0.493 e. The van der Waals surface area contributed by atoms with Gasteiger partial charge in [-0.25, -0.2) is 0 Å². The highest BCUT2D eigenvalue weighted by Crippen LogP contribution is 2.44. The summed E-state index contributed by atoms with van der Waals surface area (Å²) in [4.78, 5) is 13.2. The van der Waals surface area contributed by atoms with Crippen LogP contribution >= 0.6 is 0 Å². The predicted octanol–water partition coefficient (Wildman–Crippen LogP) is 5.80. The summed E-state index contributed by atoms with van der Waals surface area (Å²) in [5, 5.41) is 0. The minimum absolute atomic E-state index is 0.0684. The van der Waals surface area contributed by atoms with Crippen molar-refractivity contribution >= 4 is 0 Å². The summed E-state index contributed by atoms with van der Waals surface area (Å²) in [6.07, 6.45) is 3.58. The van der Waals surface area contributed by atoms with Crippen molar-refractivity contribution in [2.75, 3.05) is 13.9 Å². The van der Waals surface area contributed by atoms with Crippen molar-refractivity contribution < 1.29 is 14.2 Å². The second kappa shape index (κ2) is 7.91. The maximum absolute atomic E-state index is 13.2. The van der Waals surface area contributed by atoms with Crippen molar-refractivity contribution in [3.63, 3.8) is 0 Å². The van der Waals surface area contributed by atoms with Crippen molar-refractivity contribution in [3.8, 4) is 39.6 Å². The standard InChI is InChI=1S/C30H29NO4/c1-30(2,3)20-7-5-18(6-8-20)13-23-21-9-10-25(33-4)29(32)24(21)16-31-12-11-19-14-26-27(35-17-34-26)15-22(19)28(23)31/h5-10,14-16H,11-13,17H2,1-4H3. The first-order valence-corrected chi connectivity index (χ1v) is 12.1. The number of methoxy groups -OCH3 is 1. The second-order valence-electron chi connectivity index (χ2n) is 10.4. The summed E-state index contributed by atoms with van der Waals surface area (Å²) >= 11 is 0. The molecule has 1 aliphatic carbocycles. The van der Waals surface area contributed by atoms with E-state index in [1.165, 1.54) is 16.7 Å². The lowest BCUT2D eigenvalue weighted by atomic mass is 9.84. The number of aryl methyl sites for hydroxylation is 2. The number of rotatable bonds is 3. The molecule has 2 aromatic rings. The molecular weight excluding hydrogens is 438 g/mol. The Morgan fingerprint density at radius 1 is 0.943 bits per heavy atom. The van der Waals surface area contributed by atoms with Gasteiger partial charge in [0.15, 0.2) is 17.2 Å². The minimum Gasteiger partial charge on any atom is -0.493 e. The Morgan fingerprint density at radius 2 is 1.69 bits per heavy atom. The fourth-order valence-electron chi connectivity index (χ4n) is 5.30. The van der Waals surface area contributed by atoms with Crippen LogP contribution in [0.2, 0.25) is 0 Å². The van der Waals surface area contributed by atoms with Gasteiger partial charge in [0.1, 0.15) is 0 Å². The highest BCUT2D eigenvalue weighted by atomic mass is 16.7. The molecule has 5 nitrogen and oxygen atoms in total. The molecule has 5 heteroatoms. The monoisotopic (exact) mass is 467 g/mol. The third-order valence-electron chi connectivity index (χ3n) is 7.24. The average Bonchev–Trinajstić information content (AvgIpc) is 3.30. The summed E-state index contributed by atoms with van der Waals surface area (Å²) in [6.45, 7) is 7.73. The van der Waals surface area contributed by atoms with Crippen molar-refractivity contribution in [1.29, 1.82) is 0 Å². The van der Waals surface area contributed by atoms with Crippen LogP contribution in [0.3, 0.4) is 0 Å². The van der Waals surface area contributed by atoms with Gasteiger partial charge in [-0.15, -0.1) is 0 Å². The molecule has 0 bridgehead atoms. The molecule has 0 fully saturated rings. The van der Waals surface area contributed by atoms with Crippen LogP contribution in [0.15, 0.2) is 59.5 Å². The lowest BCUT2D eigenvalue weighted by Gasteiger charge is -2.29. The van der Waals surface area contributed by atoms with E-state index in [0.29, 0.717) is 11.3 Å². The normalized spacial score (nSPS) is 14.1. The Hall–Kier alpha value is -3.73. The third kappa shape index (κ3) is 3.57. The molecule has 0 unspecified atom stereocenters. The summed E-state index contributed by atoms with van der Waals surface area (Å²) in [6, 6.07) is 16.9. The number of hydrogen-bond acceptors (Lipinski definition) is 4. The fourth-order valence-corrected chi connectivity index (χ4v) is 5.30. The topological polar surface area (TPSA) is 49.7 Å². The van der Waals surface area contributed by atoms with Crippen molar-refractivity contribution in [2.45, 2.75) is 45.6 Å². The van der Waals surface area contributed by atoms with E-state index in [-0.39, 0.29) is 17.6 Å². The Labute approximate surface area is 205 Å². The second-order valence-corrected chi connectivity index (χ2v) is 10.4. The van der Waals surface area contributed by atoms with E-state index in [1.807, 2.05) is 12.3 Å². The first kappa shape index (κ1) is 21.8. The van der Waals surface area contributed by atoms with Crippen molar-refractivity contribution in [2.24, 2.45) is 0 Å². The fraction of sp³-hybridized carbons (Fsp3) is 0.300. The molecule has 3 aliphatic heterocycles. The van der Waals surface area contributed by atoms with Gasteiger partial charge < -0.3 is 18.8 Å². The van der Waals surface area contributed by atoms with Crippen molar-refractivity contribution in [1.82, 2.24) is 4.57 Å². The highest BCUT2D eigenvalue weighted by Gasteiger charge is 2.28. The van der Waals surface area contributed by atoms with Gasteiger partial charge in [-0.3, -0.25) is 4.79 Å². The molecule has 0 saturated carbocycles. The number of benzene rings is 3. The molecule has 6 rings (SSSR count). The molecule has 178 valence electrons. The Morgan fingerprint density at radius 3 is 2.40 bits per heavy atom. The zero-order valence-corrected chi connectivity index (χ0v) is 20.6. The molecule has 0 aromatic heterocycles. The van der Waals surface area contributed by atoms with Gasteiger partial charge in [0.05, 0.1) is 12.8 Å². The molecule has 0 spiro atoms. The van der Waals surface area contributed by atoms with E-state index in [0.717, 1.165) is 53.3 Å². The number of ether oxygens (including phenoxy) is 3. The number of hydrogen-bond donors (Lipinski definition) is 0. The summed E-state index contributed by atoms with van der Waals surface area (Å²) in [5.41, 5.74) is 8.88. The molecule has 35 heavy (non-hydrogen) atoms. The van der Waals surface area contributed by atoms with Crippen LogP contribution in [0.4, 0.5) is 0 Å². The van der Waals surface area contributed by atoms with E-state index in [4.69, 9.17) is 14.2 Å². The van der Waals surface area contributed by atoms with Gasteiger partial charge >= 0.3 is 0 Å². The molecule has 3 heterocycles. The minimum atomic E-state index is -0.0684. The first-order valence-electron chi connectivity index (χ1n) is 12.1. The van der Waals surface area contributed by atoms with Gasteiger partial charge in [-0.05, 0) is 63.9 Å². The van der Waals surface area contributed by atoms with Crippen LogP contribution < -0.4 is 19.6 Å². The zero-order valence-electron chi connectivity index (χ0n) is 20.6. The molecule has 0 saturated heterocycles. The lowest BCUT2D eigenvalue weighted by molar-refractivity contribution is 0.174. The van der Waals surface area contributed by atoms with E-state index in [2.05, 4.69) is 61.7 Å². The van der Waals surface area contributed by atoms with Crippen LogP contribution in [0, 0.1) is 0 Å². The Bertz CT molecular complexity index is 1470. The number of aromatic nitrogens is 1. The molecule has 0 radical (unpaired) electrons. The maximum atomic E-state index is 13.2. The molecule has 2 aromatic carbocycles.